The molecule has 0 aliphatic carbocycles. The summed E-state index contributed by atoms with van der Waals surface area (Å²) in [6, 6.07) is 9.95. The molecular weight excluding hydrogens is 471 g/mol. The van der Waals surface area contributed by atoms with Crippen LogP contribution in [0.25, 0.3) is 16.9 Å². The van der Waals surface area contributed by atoms with E-state index in [1.165, 1.54) is 4.68 Å². The molecule has 0 radical (unpaired) electrons. The fourth-order valence-corrected chi connectivity index (χ4v) is 4.31. The van der Waals surface area contributed by atoms with Crippen LogP contribution < -0.4 is 11.1 Å². The van der Waals surface area contributed by atoms with Crippen molar-refractivity contribution in [1.82, 2.24) is 24.7 Å². The van der Waals surface area contributed by atoms with Crippen LogP contribution in [0.5, 0.6) is 0 Å². The number of aryl methyl sites for hydroxylation is 1. The maximum Gasteiger partial charge on any atom is 0.389 e. The Labute approximate surface area is 196 Å². The summed E-state index contributed by atoms with van der Waals surface area (Å²) in [7, 11) is 0. The molecule has 3 aromatic heterocycles. The Kier molecular flexibility index (Phi) is 4.97. The molecule has 1 aromatic carbocycles. The quantitative estimate of drug-likeness (QED) is 0.446. The van der Waals surface area contributed by atoms with Gasteiger partial charge < -0.3 is 11.1 Å². The lowest BCUT2D eigenvalue weighted by atomic mass is 9.81. The Hall–Kier alpha value is -3.73. The van der Waals surface area contributed by atoms with E-state index >= 15 is 0 Å². The number of carbonyl (C=O) groups is 1. The monoisotopic (exact) mass is 487 g/mol. The van der Waals surface area contributed by atoms with Gasteiger partial charge >= 0.3 is 6.18 Å². The van der Waals surface area contributed by atoms with Crippen molar-refractivity contribution in [3.63, 3.8) is 0 Å². The molecule has 1 aliphatic rings. The van der Waals surface area contributed by atoms with Crippen molar-refractivity contribution in [2.24, 2.45) is 0 Å². The van der Waals surface area contributed by atoms with Crippen molar-refractivity contribution >= 4 is 40.0 Å². The topological polar surface area (TPSA) is 112 Å². The number of carbonyl (C=O) groups excluding carboxylic acids is 1. The average Bonchev–Trinajstić information content (AvgIpc) is 3.27. The van der Waals surface area contributed by atoms with E-state index in [-0.39, 0.29) is 35.6 Å². The molecule has 1 unspecified atom stereocenters. The molecule has 4 aromatic rings. The maximum absolute atomic E-state index is 13.0. The lowest BCUT2D eigenvalue weighted by Gasteiger charge is -2.22. The van der Waals surface area contributed by atoms with E-state index < -0.39 is 18.0 Å². The van der Waals surface area contributed by atoms with Crippen LogP contribution in [0.4, 0.5) is 24.8 Å². The number of nitrogen functional groups attached to an aromatic ring is 1. The van der Waals surface area contributed by atoms with E-state index in [4.69, 9.17) is 17.3 Å². The fraction of sp³-hybridized carbons (Fsp3) is 0.227. The summed E-state index contributed by atoms with van der Waals surface area (Å²) in [6.45, 7) is 1.68. The highest BCUT2D eigenvalue weighted by Gasteiger charge is 2.48. The second-order valence-electron chi connectivity index (χ2n) is 8.06. The zero-order valence-corrected chi connectivity index (χ0v) is 18.4. The number of alkyl halides is 3. The van der Waals surface area contributed by atoms with E-state index in [1.54, 1.807) is 49.5 Å². The summed E-state index contributed by atoms with van der Waals surface area (Å²) in [4.78, 5) is 26.1. The van der Waals surface area contributed by atoms with Crippen LogP contribution in [0.3, 0.4) is 0 Å². The molecule has 34 heavy (non-hydrogen) atoms. The molecule has 0 bridgehead atoms. The summed E-state index contributed by atoms with van der Waals surface area (Å²) in [5.74, 6) is -0.147. The van der Waals surface area contributed by atoms with Gasteiger partial charge in [-0.2, -0.15) is 32.9 Å². The predicted octanol–water partition coefficient (Wildman–Crippen LogP) is 4.20. The third kappa shape index (κ3) is 3.52. The SMILES string of the molecule is CC1(c2ccccn2)C(=O)Nc2nc(-n3nc(CCC(F)(F)F)c4cc(Cl)ccc43)nc(N)c21. The van der Waals surface area contributed by atoms with Crippen LogP contribution in [0.1, 0.15) is 30.3 Å². The number of nitrogens with zero attached hydrogens (tertiary/aromatic N) is 5. The number of amides is 1. The smallest absolute Gasteiger partial charge is 0.383 e. The van der Waals surface area contributed by atoms with E-state index in [0.717, 1.165) is 0 Å². The number of rotatable bonds is 4. The van der Waals surface area contributed by atoms with Crippen molar-refractivity contribution in [3.8, 4) is 5.95 Å². The first kappa shape index (κ1) is 22.1. The van der Waals surface area contributed by atoms with Gasteiger partial charge in [0, 0.05) is 29.4 Å². The summed E-state index contributed by atoms with van der Waals surface area (Å²) >= 11 is 6.08. The molecule has 12 heteroatoms. The number of aromatic nitrogens is 5. The summed E-state index contributed by atoms with van der Waals surface area (Å²) in [5, 5.41) is 7.86. The minimum atomic E-state index is -4.34. The lowest BCUT2D eigenvalue weighted by Crippen LogP contribution is -2.33. The highest BCUT2D eigenvalue weighted by molar-refractivity contribution is 6.31. The van der Waals surface area contributed by atoms with Crippen molar-refractivity contribution < 1.29 is 18.0 Å². The first-order chi connectivity index (χ1) is 16.1. The summed E-state index contributed by atoms with van der Waals surface area (Å²) < 4.78 is 39.9. The molecule has 1 atom stereocenters. The maximum atomic E-state index is 13.0. The second kappa shape index (κ2) is 7.66. The first-order valence-electron chi connectivity index (χ1n) is 10.2. The molecule has 8 nitrogen and oxygen atoms in total. The lowest BCUT2D eigenvalue weighted by molar-refractivity contribution is -0.134. The van der Waals surface area contributed by atoms with Crippen LogP contribution in [0.2, 0.25) is 5.02 Å². The van der Waals surface area contributed by atoms with Crippen molar-refractivity contribution in [3.05, 3.63) is 64.6 Å². The molecule has 5 rings (SSSR count). The molecule has 4 heterocycles. The van der Waals surface area contributed by atoms with E-state index in [0.29, 0.717) is 27.2 Å². The fourth-order valence-electron chi connectivity index (χ4n) is 4.14. The highest BCUT2D eigenvalue weighted by Crippen LogP contribution is 2.43. The van der Waals surface area contributed by atoms with Crippen LogP contribution in [-0.4, -0.2) is 36.8 Å². The van der Waals surface area contributed by atoms with Gasteiger partial charge in [0.25, 0.3) is 5.95 Å². The molecule has 1 amide bonds. The third-order valence-electron chi connectivity index (χ3n) is 5.84. The normalized spacial score (nSPS) is 17.7. The van der Waals surface area contributed by atoms with Gasteiger partial charge in [0.05, 0.1) is 22.5 Å². The van der Waals surface area contributed by atoms with E-state index in [9.17, 15) is 18.0 Å². The molecule has 3 N–H and O–H groups in total. The van der Waals surface area contributed by atoms with Gasteiger partial charge in [-0.15, -0.1) is 0 Å². The number of halogens is 4. The van der Waals surface area contributed by atoms with Gasteiger partial charge in [-0.3, -0.25) is 9.78 Å². The zero-order chi connectivity index (χ0) is 24.3. The van der Waals surface area contributed by atoms with Crippen LogP contribution >= 0.6 is 11.6 Å². The number of nitrogens with one attached hydrogen (secondary N) is 1. The zero-order valence-electron chi connectivity index (χ0n) is 17.7. The minimum Gasteiger partial charge on any atom is -0.383 e. The number of hydrogen-bond donors (Lipinski definition) is 2. The Morgan fingerprint density at radius 1 is 1.21 bits per heavy atom. The standard InChI is InChI=1S/C22H17ClF3N7O/c1-21(15-4-2-3-9-28-15)16-17(27)29-20(31-18(16)30-19(21)34)33-14-6-5-11(23)10-12(14)13(32-33)7-8-22(24,25)26/h2-6,9-10H,7-8H2,1H3,(H3,27,29,30,31,34). The largest absolute Gasteiger partial charge is 0.389 e. The number of fused-ring (bicyclic) bond motifs is 2. The van der Waals surface area contributed by atoms with Gasteiger partial charge in [0.2, 0.25) is 5.91 Å². The predicted molar refractivity (Wildman–Crippen MR) is 120 cm³/mol. The number of benzene rings is 1. The van der Waals surface area contributed by atoms with Gasteiger partial charge in [-0.1, -0.05) is 17.7 Å². The Bertz CT molecular complexity index is 1440. The number of nitrogens with two attached hydrogens (primary N) is 1. The van der Waals surface area contributed by atoms with Crippen LogP contribution in [-0.2, 0) is 16.6 Å². The molecule has 174 valence electrons. The number of anilines is 2. The van der Waals surface area contributed by atoms with Gasteiger partial charge in [-0.25, -0.2) is 0 Å². The number of pyridine rings is 1. The Balaban J connectivity index is 1.65. The van der Waals surface area contributed by atoms with Crippen LogP contribution in [0.15, 0.2) is 42.6 Å². The van der Waals surface area contributed by atoms with Gasteiger partial charge in [0.1, 0.15) is 17.1 Å². The minimum absolute atomic E-state index is 0.00685. The molecule has 1 aliphatic heterocycles. The first-order valence-corrected chi connectivity index (χ1v) is 10.6. The molecule has 0 saturated carbocycles. The van der Waals surface area contributed by atoms with Crippen LogP contribution in [0, 0.1) is 0 Å². The highest BCUT2D eigenvalue weighted by atomic mass is 35.5. The second-order valence-corrected chi connectivity index (χ2v) is 8.50. The van der Waals surface area contributed by atoms with E-state index in [2.05, 4.69) is 25.4 Å². The van der Waals surface area contributed by atoms with Gasteiger partial charge in [-0.05, 0) is 37.3 Å². The van der Waals surface area contributed by atoms with Crippen molar-refractivity contribution in [2.45, 2.75) is 31.4 Å². The van der Waals surface area contributed by atoms with Gasteiger partial charge in [0.15, 0.2) is 0 Å². The molecular formula is C22H17ClF3N7O. The summed E-state index contributed by atoms with van der Waals surface area (Å²) in [5.41, 5.74) is 6.58. The third-order valence-corrected chi connectivity index (χ3v) is 6.08. The van der Waals surface area contributed by atoms with Crippen molar-refractivity contribution in [2.75, 3.05) is 11.1 Å². The van der Waals surface area contributed by atoms with Crippen molar-refractivity contribution in [1.29, 1.82) is 0 Å². The Morgan fingerprint density at radius 3 is 2.71 bits per heavy atom. The molecule has 0 saturated heterocycles. The summed E-state index contributed by atoms with van der Waals surface area (Å²) in [6.07, 6.45) is -4.16. The average molecular weight is 488 g/mol. The van der Waals surface area contributed by atoms with E-state index in [1.807, 2.05) is 0 Å². The Morgan fingerprint density at radius 2 is 2.00 bits per heavy atom. The number of hydrogen-bond acceptors (Lipinski definition) is 6. The molecule has 0 fully saturated rings. The molecule has 0 spiro atoms.